The zero-order valence-electron chi connectivity index (χ0n) is 12.8. The van der Waals surface area contributed by atoms with Crippen molar-refractivity contribution in [2.24, 2.45) is 5.73 Å². The molecular weight excluding hydrogens is 298 g/mol. The van der Waals surface area contributed by atoms with Crippen molar-refractivity contribution in [1.82, 2.24) is 4.98 Å². The molecule has 0 saturated carbocycles. The van der Waals surface area contributed by atoms with Crippen molar-refractivity contribution in [1.29, 1.82) is 5.26 Å². The molecule has 1 heterocycles. The molecule has 120 valence electrons. The average Bonchev–Trinajstić information content (AvgIpc) is 2.89. The highest BCUT2D eigenvalue weighted by Gasteiger charge is 2.04. The molecule has 4 nitrogen and oxygen atoms in total. The summed E-state index contributed by atoms with van der Waals surface area (Å²) in [6, 6.07) is 8.32. The second-order valence-electron chi connectivity index (χ2n) is 5.23. The van der Waals surface area contributed by atoms with Crippen molar-refractivity contribution in [2.75, 3.05) is 13.2 Å². The smallest absolute Gasteiger partial charge is 0.120 e. The summed E-state index contributed by atoms with van der Waals surface area (Å²) in [7, 11) is 0. The van der Waals surface area contributed by atoms with E-state index in [-0.39, 0.29) is 12.4 Å². The fourth-order valence-electron chi connectivity index (χ4n) is 2.46. The molecule has 0 atom stereocenters. The number of nitrogens with zero attached hydrogens (tertiary/aromatic N) is 1. The Balaban J connectivity index is 0.00000242. The Kier molecular flexibility index (Phi) is 8.42. The monoisotopic (exact) mass is 321 g/mol. The van der Waals surface area contributed by atoms with Crippen LogP contribution in [-0.2, 0) is 6.42 Å². The first-order valence-corrected chi connectivity index (χ1v) is 7.65. The number of aromatic amines is 1. The molecular formula is C17H24ClN3O. The van der Waals surface area contributed by atoms with Crippen LogP contribution in [0.3, 0.4) is 0 Å². The Bertz CT molecular complexity index is 603. The molecule has 2 rings (SSSR count). The zero-order chi connectivity index (χ0) is 14.9. The van der Waals surface area contributed by atoms with Crippen LogP contribution in [0.4, 0.5) is 0 Å². The lowest BCUT2D eigenvalue weighted by Gasteiger charge is -2.06. The van der Waals surface area contributed by atoms with E-state index < -0.39 is 0 Å². The van der Waals surface area contributed by atoms with Crippen LogP contribution in [0, 0.1) is 11.3 Å². The molecule has 0 aliphatic carbocycles. The average molecular weight is 322 g/mol. The summed E-state index contributed by atoms with van der Waals surface area (Å²) in [4.78, 5) is 3.26. The lowest BCUT2D eigenvalue weighted by atomic mass is 10.1. The number of unbranched alkanes of at least 4 members (excludes halogenated alkanes) is 4. The van der Waals surface area contributed by atoms with Gasteiger partial charge in [-0.15, -0.1) is 12.4 Å². The van der Waals surface area contributed by atoms with Gasteiger partial charge in [0.1, 0.15) is 5.75 Å². The Morgan fingerprint density at radius 2 is 2.00 bits per heavy atom. The number of nitriles is 1. The minimum absolute atomic E-state index is 0. The van der Waals surface area contributed by atoms with E-state index in [1.807, 2.05) is 12.3 Å². The van der Waals surface area contributed by atoms with Crippen LogP contribution in [0.15, 0.2) is 24.4 Å². The number of aromatic nitrogens is 1. The van der Waals surface area contributed by atoms with E-state index in [0.717, 1.165) is 50.0 Å². The van der Waals surface area contributed by atoms with Gasteiger partial charge in [-0.3, -0.25) is 0 Å². The maximum Gasteiger partial charge on any atom is 0.120 e. The van der Waals surface area contributed by atoms with Crippen molar-refractivity contribution in [3.8, 4) is 11.8 Å². The van der Waals surface area contributed by atoms with E-state index in [9.17, 15) is 0 Å². The number of H-pyrrole nitrogens is 1. The van der Waals surface area contributed by atoms with Gasteiger partial charge in [-0.05, 0) is 49.6 Å². The van der Waals surface area contributed by atoms with Gasteiger partial charge in [0.25, 0.3) is 0 Å². The maximum absolute atomic E-state index is 8.46. The normalized spacial score (nSPS) is 10.2. The Labute approximate surface area is 138 Å². The fraction of sp³-hybridized carbons (Fsp3) is 0.471. The van der Waals surface area contributed by atoms with Crippen LogP contribution < -0.4 is 10.5 Å². The summed E-state index contributed by atoms with van der Waals surface area (Å²) < 4.78 is 5.81. The van der Waals surface area contributed by atoms with E-state index in [2.05, 4.69) is 23.2 Å². The molecule has 0 unspecified atom stereocenters. The molecule has 0 aliphatic heterocycles. The van der Waals surface area contributed by atoms with E-state index in [1.54, 1.807) is 0 Å². The summed E-state index contributed by atoms with van der Waals surface area (Å²) in [5.74, 6) is 0.914. The minimum atomic E-state index is 0. The third kappa shape index (κ3) is 5.25. The largest absolute Gasteiger partial charge is 0.494 e. The predicted molar refractivity (Wildman–Crippen MR) is 92.5 cm³/mol. The topological polar surface area (TPSA) is 74.8 Å². The SMILES string of the molecule is Cl.N#CCCCCCCOc1ccc2[nH]cc(CCN)c2c1. The highest BCUT2D eigenvalue weighted by molar-refractivity contribution is 5.85. The number of ether oxygens (including phenoxy) is 1. The summed E-state index contributed by atoms with van der Waals surface area (Å²) in [6.07, 6.45) is 7.81. The van der Waals surface area contributed by atoms with Gasteiger partial charge >= 0.3 is 0 Å². The lowest BCUT2D eigenvalue weighted by molar-refractivity contribution is 0.305. The number of fused-ring (bicyclic) bond motifs is 1. The Morgan fingerprint density at radius 3 is 2.77 bits per heavy atom. The second kappa shape index (κ2) is 10.1. The molecule has 22 heavy (non-hydrogen) atoms. The Morgan fingerprint density at radius 1 is 1.18 bits per heavy atom. The highest BCUT2D eigenvalue weighted by atomic mass is 35.5. The van der Waals surface area contributed by atoms with E-state index in [4.69, 9.17) is 15.7 Å². The molecule has 0 saturated heterocycles. The lowest BCUT2D eigenvalue weighted by Crippen LogP contribution is -2.02. The minimum Gasteiger partial charge on any atom is -0.494 e. The van der Waals surface area contributed by atoms with Crippen molar-refractivity contribution in [3.63, 3.8) is 0 Å². The number of nitrogens with one attached hydrogen (secondary N) is 1. The van der Waals surface area contributed by atoms with Gasteiger partial charge in [-0.2, -0.15) is 5.26 Å². The number of halogens is 1. The molecule has 3 N–H and O–H groups in total. The number of hydrogen-bond acceptors (Lipinski definition) is 3. The number of hydrogen-bond donors (Lipinski definition) is 2. The van der Waals surface area contributed by atoms with Gasteiger partial charge in [-0.1, -0.05) is 12.8 Å². The van der Waals surface area contributed by atoms with Gasteiger partial charge in [0.2, 0.25) is 0 Å². The molecule has 0 amide bonds. The molecule has 5 heteroatoms. The van der Waals surface area contributed by atoms with Crippen LogP contribution in [0.1, 0.15) is 37.7 Å². The van der Waals surface area contributed by atoms with Gasteiger partial charge < -0.3 is 15.5 Å². The van der Waals surface area contributed by atoms with Crippen LogP contribution in [-0.4, -0.2) is 18.1 Å². The third-order valence-corrected chi connectivity index (χ3v) is 3.60. The fourth-order valence-corrected chi connectivity index (χ4v) is 2.46. The number of benzene rings is 1. The summed E-state index contributed by atoms with van der Waals surface area (Å²) >= 11 is 0. The molecule has 0 aliphatic rings. The van der Waals surface area contributed by atoms with E-state index in [0.29, 0.717) is 13.0 Å². The van der Waals surface area contributed by atoms with Gasteiger partial charge in [0.05, 0.1) is 12.7 Å². The summed E-state index contributed by atoms with van der Waals surface area (Å²) in [6.45, 7) is 1.38. The van der Waals surface area contributed by atoms with Gasteiger partial charge in [-0.25, -0.2) is 0 Å². The first-order valence-electron chi connectivity index (χ1n) is 7.65. The van der Waals surface area contributed by atoms with Crippen molar-refractivity contribution < 1.29 is 4.74 Å². The third-order valence-electron chi connectivity index (χ3n) is 3.60. The van der Waals surface area contributed by atoms with E-state index >= 15 is 0 Å². The summed E-state index contributed by atoms with van der Waals surface area (Å²) in [5.41, 5.74) is 8.00. The van der Waals surface area contributed by atoms with Crippen molar-refractivity contribution in [3.05, 3.63) is 30.0 Å². The van der Waals surface area contributed by atoms with Gasteiger partial charge in [0, 0.05) is 23.5 Å². The van der Waals surface area contributed by atoms with Crippen LogP contribution in [0.25, 0.3) is 10.9 Å². The number of rotatable bonds is 9. The highest BCUT2D eigenvalue weighted by Crippen LogP contribution is 2.24. The standard InChI is InChI=1S/C17H23N3O.ClH/c18-9-4-2-1-3-5-11-21-15-6-7-17-16(12-15)14(8-10-19)13-20-17;/h6-7,12-13,20H,1-5,8,10-11,19H2;1H. The molecule has 2 aromatic rings. The first-order chi connectivity index (χ1) is 10.3. The predicted octanol–water partition coefficient (Wildman–Crippen LogP) is 3.94. The molecule has 0 radical (unpaired) electrons. The van der Waals surface area contributed by atoms with Crippen LogP contribution in [0.2, 0.25) is 0 Å². The maximum atomic E-state index is 8.46. The van der Waals surface area contributed by atoms with Crippen LogP contribution >= 0.6 is 12.4 Å². The van der Waals surface area contributed by atoms with Gasteiger partial charge in [0.15, 0.2) is 0 Å². The molecule has 1 aromatic carbocycles. The Hall–Kier alpha value is -1.70. The van der Waals surface area contributed by atoms with Crippen LogP contribution in [0.5, 0.6) is 5.75 Å². The van der Waals surface area contributed by atoms with E-state index in [1.165, 1.54) is 10.9 Å². The molecule has 0 fully saturated rings. The van der Waals surface area contributed by atoms with Crippen molar-refractivity contribution >= 4 is 23.3 Å². The zero-order valence-corrected chi connectivity index (χ0v) is 13.6. The number of nitrogens with two attached hydrogens (primary N) is 1. The molecule has 0 spiro atoms. The second-order valence-corrected chi connectivity index (χ2v) is 5.23. The quantitative estimate of drug-likeness (QED) is 0.687. The van der Waals surface area contributed by atoms with Crippen molar-refractivity contribution in [2.45, 2.75) is 38.5 Å². The molecule has 1 aromatic heterocycles. The first kappa shape index (κ1) is 18.3. The summed E-state index contributed by atoms with van der Waals surface area (Å²) in [5, 5.41) is 9.66. The molecule has 0 bridgehead atoms.